The fourth-order valence-corrected chi connectivity index (χ4v) is 4.49. The summed E-state index contributed by atoms with van der Waals surface area (Å²) in [5.74, 6) is -0.125. The number of rotatable bonds is 7. The van der Waals surface area contributed by atoms with Gasteiger partial charge in [-0.3, -0.25) is 14.5 Å². The van der Waals surface area contributed by atoms with E-state index in [9.17, 15) is 14.0 Å². The third-order valence-corrected chi connectivity index (χ3v) is 6.36. The molecule has 166 valence electrons. The predicted octanol–water partition coefficient (Wildman–Crippen LogP) is 2.32. The highest BCUT2D eigenvalue weighted by Gasteiger charge is 2.32. The SMILES string of the molecule is CC(=O)N1CCCC(N(CCN(C)C(=O)Cc2ccc(F)cc2)C2CCOCC2)C1. The summed E-state index contributed by atoms with van der Waals surface area (Å²) in [6.45, 7) is 6.19. The zero-order chi connectivity index (χ0) is 21.5. The lowest BCUT2D eigenvalue weighted by atomic mass is 9.98. The van der Waals surface area contributed by atoms with Crippen molar-refractivity contribution < 1.29 is 18.7 Å². The lowest BCUT2D eigenvalue weighted by molar-refractivity contribution is -0.131. The highest BCUT2D eigenvalue weighted by atomic mass is 19.1. The van der Waals surface area contributed by atoms with Crippen LogP contribution in [-0.2, 0) is 20.7 Å². The zero-order valence-corrected chi connectivity index (χ0v) is 18.2. The molecule has 1 aromatic carbocycles. The summed E-state index contributed by atoms with van der Waals surface area (Å²) in [5, 5.41) is 0. The Balaban J connectivity index is 1.60. The van der Waals surface area contributed by atoms with E-state index in [1.807, 2.05) is 11.9 Å². The molecule has 3 rings (SSSR count). The van der Waals surface area contributed by atoms with Gasteiger partial charge < -0.3 is 14.5 Å². The molecule has 2 heterocycles. The molecule has 1 unspecified atom stereocenters. The van der Waals surface area contributed by atoms with Gasteiger partial charge in [0.2, 0.25) is 11.8 Å². The second-order valence-electron chi connectivity index (χ2n) is 8.46. The molecule has 0 N–H and O–H groups in total. The van der Waals surface area contributed by atoms with E-state index < -0.39 is 0 Å². The number of amides is 2. The van der Waals surface area contributed by atoms with E-state index in [0.29, 0.717) is 18.6 Å². The van der Waals surface area contributed by atoms with Crippen LogP contribution in [0, 0.1) is 5.82 Å². The van der Waals surface area contributed by atoms with Gasteiger partial charge in [0.1, 0.15) is 5.82 Å². The molecule has 2 fully saturated rings. The van der Waals surface area contributed by atoms with Gasteiger partial charge in [-0.05, 0) is 43.4 Å². The average Bonchev–Trinajstić information content (AvgIpc) is 2.76. The van der Waals surface area contributed by atoms with Crippen LogP contribution in [0.2, 0.25) is 0 Å². The zero-order valence-electron chi connectivity index (χ0n) is 18.2. The lowest BCUT2D eigenvalue weighted by Crippen LogP contribution is -2.55. The van der Waals surface area contributed by atoms with E-state index >= 15 is 0 Å². The number of halogens is 1. The highest BCUT2D eigenvalue weighted by molar-refractivity contribution is 5.78. The van der Waals surface area contributed by atoms with Crippen molar-refractivity contribution in [2.75, 3.05) is 46.4 Å². The van der Waals surface area contributed by atoms with Crippen molar-refractivity contribution in [2.24, 2.45) is 0 Å². The van der Waals surface area contributed by atoms with Gasteiger partial charge in [-0.15, -0.1) is 0 Å². The fraction of sp³-hybridized carbons (Fsp3) is 0.652. The second-order valence-corrected chi connectivity index (χ2v) is 8.46. The second kappa shape index (κ2) is 10.9. The molecule has 0 bridgehead atoms. The van der Waals surface area contributed by atoms with Crippen LogP contribution in [0.5, 0.6) is 0 Å². The Labute approximate surface area is 179 Å². The summed E-state index contributed by atoms with van der Waals surface area (Å²) in [6, 6.07) is 6.85. The molecule has 0 radical (unpaired) electrons. The van der Waals surface area contributed by atoms with Gasteiger partial charge in [-0.1, -0.05) is 12.1 Å². The Morgan fingerprint density at radius 2 is 1.80 bits per heavy atom. The van der Waals surface area contributed by atoms with Crippen LogP contribution in [0.15, 0.2) is 24.3 Å². The van der Waals surface area contributed by atoms with Crippen molar-refractivity contribution in [2.45, 2.75) is 51.1 Å². The minimum absolute atomic E-state index is 0.0301. The Morgan fingerprint density at radius 1 is 1.10 bits per heavy atom. The van der Waals surface area contributed by atoms with E-state index in [2.05, 4.69) is 4.90 Å². The third-order valence-electron chi connectivity index (χ3n) is 6.36. The maximum Gasteiger partial charge on any atom is 0.226 e. The van der Waals surface area contributed by atoms with Gasteiger partial charge in [0.15, 0.2) is 0 Å². The Bertz CT molecular complexity index is 706. The van der Waals surface area contributed by atoms with Crippen LogP contribution >= 0.6 is 0 Å². The summed E-state index contributed by atoms with van der Waals surface area (Å²) >= 11 is 0. The van der Waals surface area contributed by atoms with Crippen molar-refractivity contribution in [3.8, 4) is 0 Å². The molecule has 2 saturated heterocycles. The van der Waals surface area contributed by atoms with E-state index in [1.54, 1.807) is 24.0 Å². The van der Waals surface area contributed by atoms with E-state index in [4.69, 9.17) is 4.74 Å². The largest absolute Gasteiger partial charge is 0.381 e. The van der Waals surface area contributed by atoms with E-state index in [-0.39, 0.29) is 24.1 Å². The van der Waals surface area contributed by atoms with E-state index in [0.717, 1.165) is 64.1 Å². The number of benzene rings is 1. The molecule has 1 atom stereocenters. The summed E-state index contributed by atoms with van der Waals surface area (Å²) < 4.78 is 18.6. The first-order valence-electron chi connectivity index (χ1n) is 11.0. The van der Waals surface area contributed by atoms with Crippen molar-refractivity contribution >= 4 is 11.8 Å². The summed E-state index contributed by atoms with van der Waals surface area (Å²) in [6.07, 6.45) is 4.35. The van der Waals surface area contributed by atoms with Crippen molar-refractivity contribution in [1.82, 2.24) is 14.7 Å². The minimum Gasteiger partial charge on any atom is -0.381 e. The number of hydrogen-bond donors (Lipinski definition) is 0. The molecule has 2 amide bonds. The molecule has 0 spiro atoms. The molecule has 2 aliphatic rings. The maximum atomic E-state index is 13.1. The van der Waals surface area contributed by atoms with Crippen molar-refractivity contribution in [3.05, 3.63) is 35.6 Å². The first kappa shape index (κ1) is 22.7. The number of carbonyl (C=O) groups excluding carboxylic acids is 2. The summed E-state index contributed by atoms with van der Waals surface area (Å²) in [7, 11) is 1.83. The number of nitrogens with zero attached hydrogens (tertiary/aromatic N) is 3. The molecule has 0 aliphatic carbocycles. The Kier molecular flexibility index (Phi) is 8.22. The molecule has 0 aromatic heterocycles. The number of ether oxygens (including phenoxy) is 1. The van der Waals surface area contributed by atoms with Crippen molar-refractivity contribution in [1.29, 1.82) is 0 Å². The Morgan fingerprint density at radius 3 is 2.47 bits per heavy atom. The van der Waals surface area contributed by atoms with Crippen LogP contribution in [0.4, 0.5) is 4.39 Å². The molecule has 7 heteroatoms. The smallest absolute Gasteiger partial charge is 0.226 e. The molecule has 0 saturated carbocycles. The number of likely N-dealkylation sites (tertiary alicyclic amines) is 1. The Hall–Kier alpha value is -1.99. The molecule has 2 aliphatic heterocycles. The molecular weight excluding hydrogens is 385 g/mol. The van der Waals surface area contributed by atoms with Crippen LogP contribution in [0.1, 0.15) is 38.2 Å². The fourth-order valence-electron chi connectivity index (χ4n) is 4.49. The number of hydrogen-bond acceptors (Lipinski definition) is 4. The molecule has 1 aromatic rings. The van der Waals surface area contributed by atoms with Gasteiger partial charge >= 0.3 is 0 Å². The van der Waals surface area contributed by atoms with E-state index in [1.165, 1.54) is 12.1 Å². The highest BCUT2D eigenvalue weighted by Crippen LogP contribution is 2.23. The van der Waals surface area contributed by atoms with Crippen LogP contribution in [0.3, 0.4) is 0 Å². The predicted molar refractivity (Wildman–Crippen MR) is 114 cm³/mol. The quantitative estimate of drug-likeness (QED) is 0.681. The minimum atomic E-state index is -0.293. The van der Waals surface area contributed by atoms with Crippen LogP contribution in [0.25, 0.3) is 0 Å². The number of likely N-dealkylation sites (N-methyl/N-ethyl adjacent to an activating group) is 1. The standard InChI is InChI=1S/C23H34FN3O3/c1-18(28)26-11-3-4-22(17-26)27(21-9-14-30-15-10-21)13-12-25(2)23(29)16-19-5-7-20(24)8-6-19/h5-8,21-22H,3-4,9-17H2,1-2H3. The van der Waals surface area contributed by atoms with Crippen molar-refractivity contribution in [3.63, 3.8) is 0 Å². The molecule has 30 heavy (non-hydrogen) atoms. The third kappa shape index (κ3) is 6.25. The average molecular weight is 420 g/mol. The van der Waals surface area contributed by atoms with Crippen LogP contribution in [-0.4, -0.2) is 85.0 Å². The molecular formula is C23H34FN3O3. The summed E-state index contributed by atoms with van der Waals surface area (Å²) in [5.41, 5.74) is 0.818. The monoisotopic (exact) mass is 419 g/mol. The van der Waals surface area contributed by atoms with Gasteiger partial charge in [0, 0.05) is 65.4 Å². The van der Waals surface area contributed by atoms with Gasteiger partial charge in [0.05, 0.1) is 6.42 Å². The lowest BCUT2D eigenvalue weighted by Gasteiger charge is -2.44. The topological polar surface area (TPSA) is 53.1 Å². The first-order valence-corrected chi connectivity index (χ1v) is 11.0. The summed E-state index contributed by atoms with van der Waals surface area (Å²) in [4.78, 5) is 30.8. The van der Waals surface area contributed by atoms with Gasteiger partial charge in [-0.25, -0.2) is 4.39 Å². The number of piperidine rings is 1. The maximum absolute atomic E-state index is 13.1. The first-order chi connectivity index (χ1) is 14.4. The van der Waals surface area contributed by atoms with Gasteiger partial charge in [-0.2, -0.15) is 0 Å². The number of carbonyl (C=O) groups is 2. The normalized spacial score (nSPS) is 20.4. The van der Waals surface area contributed by atoms with Gasteiger partial charge in [0.25, 0.3) is 0 Å². The molecule has 6 nitrogen and oxygen atoms in total. The van der Waals surface area contributed by atoms with Crippen LogP contribution < -0.4 is 0 Å².